The lowest BCUT2D eigenvalue weighted by atomic mass is 9.48. The summed E-state index contributed by atoms with van der Waals surface area (Å²) < 4.78 is 25.3. The van der Waals surface area contributed by atoms with Gasteiger partial charge in [0.15, 0.2) is 6.29 Å². The molecular weight excluding hydrogens is 560 g/mol. The van der Waals surface area contributed by atoms with Crippen molar-refractivity contribution in [3.8, 4) is 0 Å². The number of aliphatic hydroxyl groups is 2. The molecule has 1 heterocycles. The van der Waals surface area contributed by atoms with Gasteiger partial charge in [-0.25, -0.2) is 0 Å². The highest BCUT2D eigenvalue weighted by Gasteiger charge is 2.61. The maximum absolute atomic E-state index is 13.7. The number of carbonyl (C=O) groups is 2. The molecule has 0 aromatic rings. The molecule has 0 amide bonds. The van der Waals surface area contributed by atoms with Crippen LogP contribution in [0.25, 0.3) is 0 Å². The van der Waals surface area contributed by atoms with Gasteiger partial charge in [-0.15, -0.1) is 0 Å². The van der Waals surface area contributed by atoms with E-state index in [1.807, 2.05) is 0 Å². The summed E-state index contributed by atoms with van der Waals surface area (Å²) in [5, 5.41) is 21.8. The van der Waals surface area contributed by atoms with Gasteiger partial charge in [-0.1, -0.05) is 26.2 Å². The number of carbonyl (C=O) groups excluding carboxylic acids is 2. The van der Waals surface area contributed by atoms with E-state index in [0.29, 0.717) is 42.4 Å². The summed E-state index contributed by atoms with van der Waals surface area (Å²) in [6.45, 7) is 2.36. The zero-order chi connectivity index (χ0) is 30.3. The molecule has 11 atom stereocenters. The Morgan fingerprint density at radius 3 is 1.93 bits per heavy atom. The van der Waals surface area contributed by atoms with E-state index < -0.39 is 34.7 Å². The zero-order valence-electron chi connectivity index (χ0n) is 26.6. The number of esters is 2. The normalized spacial score (nSPS) is 52.5. The third-order valence-corrected chi connectivity index (χ3v) is 13.6. The summed E-state index contributed by atoms with van der Waals surface area (Å²) >= 11 is 0. The molecule has 0 aromatic heterocycles. The lowest BCUT2D eigenvalue weighted by Gasteiger charge is -2.58. The first-order valence-electron chi connectivity index (χ1n) is 18.1. The molecule has 8 aliphatic carbocycles. The van der Waals surface area contributed by atoms with Crippen LogP contribution in [0.3, 0.4) is 0 Å². The first-order chi connectivity index (χ1) is 21.1. The molecule has 1 saturated heterocycles. The Hall–Kier alpha value is -1.22. The Morgan fingerprint density at radius 1 is 0.705 bits per heavy atom. The molecule has 246 valence electrons. The molecule has 8 nitrogen and oxygen atoms in total. The number of hydrogen-bond acceptors (Lipinski definition) is 8. The second-order valence-corrected chi connectivity index (χ2v) is 17.5. The molecule has 9 fully saturated rings. The first-order valence-corrected chi connectivity index (χ1v) is 18.1. The summed E-state index contributed by atoms with van der Waals surface area (Å²) in [5.41, 5.74) is -1.94. The van der Waals surface area contributed by atoms with Gasteiger partial charge in [0.2, 0.25) is 0 Å². The number of ether oxygens (including phenoxy) is 4. The van der Waals surface area contributed by atoms with E-state index in [4.69, 9.17) is 18.9 Å². The van der Waals surface area contributed by atoms with Gasteiger partial charge < -0.3 is 29.2 Å². The molecule has 0 spiro atoms. The lowest BCUT2D eigenvalue weighted by molar-refractivity contribution is -0.199. The van der Waals surface area contributed by atoms with Gasteiger partial charge >= 0.3 is 11.9 Å². The fraction of sp³-hybridized carbons (Fsp3) is 0.944. The first kappa shape index (κ1) is 30.1. The van der Waals surface area contributed by atoms with Crippen molar-refractivity contribution in [1.29, 1.82) is 0 Å². The molecule has 8 heteroatoms. The topological polar surface area (TPSA) is 112 Å². The fourth-order valence-electron chi connectivity index (χ4n) is 12.7. The highest BCUT2D eigenvalue weighted by atomic mass is 16.7. The van der Waals surface area contributed by atoms with Crippen molar-refractivity contribution in [1.82, 2.24) is 0 Å². The predicted molar refractivity (Wildman–Crippen MR) is 160 cm³/mol. The Balaban J connectivity index is 0.952. The Bertz CT molecular complexity index is 1040. The average molecular weight is 615 g/mol. The van der Waals surface area contributed by atoms with E-state index in [1.54, 1.807) is 0 Å². The van der Waals surface area contributed by atoms with Crippen molar-refractivity contribution >= 4 is 11.9 Å². The minimum atomic E-state index is -0.724. The largest absolute Gasteiger partial charge is 0.462 e. The van der Waals surface area contributed by atoms with Crippen LogP contribution in [0.4, 0.5) is 0 Å². The smallest absolute Gasteiger partial charge is 0.312 e. The molecule has 2 N–H and O–H groups in total. The Morgan fingerprint density at radius 2 is 1.30 bits per heavy atom. The monoisotopic (exact) mass is 614 g/mol. The average Bonchev–Trinajstić information content (AvgIpc) is 3.35. The van der Waals surface area contributed by atoms with E-state index in [0.717, 1.165) is 82.5 Å². The molecule has 8 saturated carbocycles. The van der Waals surface area contributed by atoms with E-state index in [-0.39, 0.29) is 31.4 Å². The lowest BCUT2D eigenvalue weighted by Crippen LogP contribution is -2.58. The van der Waals surface area contributed by atoms with Crippen molar-refractivity contribution in [2.75, 3.05) is 13.2 Å². The third-order valence-electron chi connectivity index (χ3n) is 13.6. The fourth-order valence-corrected chi connectivity index (χ4v) is 12.7. The Kier molecular flexibility index (Phi) is 7.67. The molecular formula is C36H54O8. The van der Waals surface area contributed by atoms with Gasteiger partial charge in [0.25, 0.3) is 0 Å². The maximum atomic E-state index is 13.7. The van der Waals surface area contributed by atoms with Crippen molar-refractivity contribution in [2.24, 2.45) is 52.3 Å². The Labute approximate surface area is 262 Å². The minimum Gasteiger partial charge on any atom is -0.462 e. The van der Waals surface area contributed by atoms with Crippen LogP contribution in [0.1, 0.15) is 116 Å². The standard InChI is InChI=1S/C36H54O8/c1-21-5-24-10-28(37)17-34(11-21,12-24)32(38)41-18-29-30(44-31(43-29)27-8-22-3-2-4-23(6-22)9-27)19-42-33(39)35-13-25-7-26(14-35)16-36(40,15-25)20-35/h21-31,37,40H,2-20H2,1H3. The summed E-state index contributed by atoms with van der Waals surface area (Å²) in [6.07, 6.45) is 14.3. The van der Waals surface area contributed by atoms with Crippen molar-refractivity contribution in [3.63, 3.8) is 0 Å². The van der Waals surface area contributed by atoms with Crippen LogP contribution in [0.2, 0.25) is 0 Å². The summed E-state index contributed by atoms with van der Waals surface area (Å²) in [5.74, 6) is 2.96. The molecule has 9 rings (SSSR count). The minimum absolute atomic E-state index is 0.0725. The highest BCUT2D eigenvalue weighted by Crippen LogP contribution is 2.62. The van der Waals surface area contributed by atoms with Crippen LogP contribution in [-0.2, 0) is 28.5 Å². The van der Waals surface area contributed by atoms with Crippen LogP contribution in [0, 0.1) is 52.3 Å². The SMILES string of the molecule is CC1CC2CC(O)CC(C(=O)OCC3OC(C4CC5CCCC(C5)C4)OC3COC(=O)C34CC5CC(CC(O)(C5)C3)C4)(C1)C2. The second-order valence-electron chi connectivity index (χ2n) is 17.5. The van der Waals surface area contributed by atoms with Gasteiger partial charge in [-0.05, 0) is 125 Å². The van der Waals surface area contributed by atoms with Crippen molar-refractivity contribution < 1.29 is 38.7 Å². The molecule has 9 aliphatic rings. The van der Waals surface area contributed by atoms with Crippen LogP contribution in [-0.4, -0.2) is 65.6 Å². The van der Waals surface area contributed by atoms with E-state index in [1.165, 1.54) is 25.7 Å². The molecule has 44 heavy (non-hydrogen) atoms. The third kappa shape index (κ3) is 5.56. The highest BCUT2D eigenvalue weighted by molar-refractivity contribution is 5.78. The van der Waals surface area contributed by atoms with Crippen molar-refractivity contribution in [2.45, 2.75) is 146 Å². The van der Waals surface area contributed by atoms with E-state index in [9.17, 15) is 19.8 Å². The molecule has 11 unspecified atom stereocenters. The van der Waals surface area contributed by atoms with Crippen LogP contribution in [0.15, 0.2) is 0 Å². The summed E-state index contributed by atoms with van der Waals surface area (Å²) in [7, 11) is 0. The quantitative estimate of drug-likeness (QED) is 0.372. The number of hydrogen-bond donors (Lipinski definition) is 2. The number of fused-ring (bicyclic) bond motifs is 4. The van der Waals surface area contributed by atoms with Gasteiger partial charge in [-0.2, -0.15) is 0 Å². The molecule has 0 radical (unpaired) electrons. The van der Waals surface area contributed by atoms with E-state index >= 15 is 0 Å². The van der Waals surface area contributed by atoms with E-state index in [2.05, 4.69) is 6.92 Å². The van der Waals surface area contributed by atoms with Gasteiger partial charge in [0.05, 0.1) is 22.5 Å². The predicted octanol–water partition coefficient (Wildman–Crippen LogP) is 5.31. The molecule has 8 bridgehead atoms. The molecule has 0 aromatic carbocycles. The van der Waals surface area contributed by atoms with Gasteiger partial charge in [0.1, 0.15) is 25.4 Å². The molecule has 1 aliphatic heterocycles. The maximum Gasteiger partial charge on any atom is 0.312 e. The summed E-state index contributed by atoms with van der Waals surface area (Å²) in [6, 6.07) is 0. The number of aliphatic hydroxyl groups excluding tert-OH is 1. The van der Waals surface area contributed by atoms with Crippen LogP contribution >= 0.6 is 0 Å². The second kappa shape index (κ2) is 11.2. The summed E-state index contributed by atoms with van der Waals surface area (Å²) in [4.78, 5) is 27.4. The van der Waals surface area contributed by atoms with Crippen LogP contribution < -0.4 is 0 Å². The zero-order valence-corrected chi connectivity index (χ0v) is 26.6. The van der Waals surface area contributed by atoms with Gasteiger partial charge in [0, 0.05) is 5.92 Å². The number of rotatable bonds is 7. The van der Waals surface area contributed by atoms with Gasteiger partial charge in [-0.3, -0.25) is 9.59 Å². The van der Waals surface area contributed by atoms with Crippen LogP contribution in [0.5, 0.6) is 0 Å². The van der Waals surface area contributed by atoms with Crippen molar-refractivity contribution in [3.05, 3.63) is 0 Å².